The summed E-state index contributed by atoms with van der Waals surface area (Å²) in [4.78, 5) is 95.5. The molecule has 137 heavy (non-hydrogen) atoms. The minimum Gasteiger partial charge on any atom is -0.444 e. The van der Waals surface area contributed by atoms with Crippen LogP contribution in [-0.2, 0) is 102 Å². The van der Waals surface area contributed by atoms with Crippen LogP contribution in [0.1, 0.15) is 191 Å². The number of ether oxygens (including phenoxy) is 9. The maximum atomic E-state index is 12.2. The number of carbonyl (C=O) groups excluding carboxylic acids is 8. The highest BCUT2D eigenvalue weighted by Gasteiger charge is 2.53. The predicted octanol–water partition coefficient (Wildman–Crippen LogP) is 15.8. The summed E-state index contributed by atoms with van der Waals surface area (Å²) >= 11 is 0. The Morgan fingerprint density at radius 1 is 0.321 bits per heavy atom. The molecule has 4 aliphatic heterocycles. The van der Waals surface area contributed by atoms with Crippen molar-refractivity contribution in [1.82, 2.24) is 26.6 Å². The van der Waals surface area contributed by atoms with Crippen molar-refractivity contribution < 1.29 is 101 Å². The van der Waals surface area contributed by atoms with Gasteiger partial charge < -0.3 is 101 Å². The van der Waals surface area contributed by atoms with E-state index >= 15 is 0 Å². The second kappa shape index (κ2) is 53.0. The van der Waals surface area contributed by atoms with E-state index < -0.39 is 148 Å². The van der Waals surface area contributed by atoms with Crippen molar-refractivity contribution in [3.63, 3.8) is 0 Å². The van der Waals surface area contributed by atoms with E-state index in [9.17, 15) is 58.8 Å². The molecule has 750 valence electrons. The number of hydrogen-bond acceptors (Lipinski definition) is 23. The molecule has 15 atom stereocenters. The highest BCUT2D eigenvalue weighted by Crippen LogP contribution is 2.35. The fourth-order valence-corrected chi connectivity index (χ4v) is 13.4. The number of epoxide rings is 4. The van der Waals surface area contributed by atoms with Gasteiger partial charge in [-0.25, -0.2) is 24.0 Å². The maximum Gasteiger partial charge on any atom is 0.408 e. The molecule has 0 unspecified atom stereocenters. The molecular weight excluding hydrogens is 1740 g/mol. The Kier molecular flexibility index (Phi) is 45.0. The minimum atomic E-state index is -0.822. The average Bonchev–Trinajstić information content (AvgIpc) is 1.59. The van der Waals surface area contributed by atoms with Crippen molar-refractivity contribution in [2.45, 2.75) is 314 Å². The van der Waals surface area contributed by atoms with Crippen LogP contribution in [0.4, 0.5) is 24.0 Å². The van der Waals surface area contributed by atoms with Gasteiger partial charge in [0.05, 0.1) is 80.9 Å². The van der Waals surface area contributed by atoms with Crippen molar-refractivity contribution in [3.05, 3.63) is 288 Å². The van der Waals surface area contributed by atoms with Crippen LogP contribution in [-0.4, -0.2) is 212 Å². The van der Waals surface area contributed by atoms with E-state index in [2.05, 4.69) is 46.3 Å². The number of alkyl carbamates (subject to hydrolysis) is 5. The predicted molar refractivity (Wildman–Crippen MR) is 534 cm³/mol. The summed E-state index contributed by atoms with van der Waals surface area (Å²) in [6.45, 7) is 52.5. The standard InChI is InChI=1S/2C17H25NO4.2C17H25NO3.C17H23NO3.2C12H15NO2/c2*1-16(2,3)22-15(20)18-13(14(19)17(4)11-21-17)10-12-8-6-5-7-9-12;3*1-12(2)15(19)14(11-13-9-7-6-8-10-13)18-16(20)21-17(3,4)5;2*1-12(8-15-12)11(14)10(13)7-9-5-3-2-4-6-9/h2*5-9,13-14,19H,10-11H2,1-4H3,(H,18,20);2*6-10,14-15,19H,1,11H2,2-5H3,(H,18,20);6-10,14H,1,11H2,2-5H3,(H,18,20);2*2-6,10H,7-8,13H2,1H3/t13-,14+,17+;13-,14-,17-;14-,15+;14-,15-;14-;10-,12+;10-,12-/m0000000/s1. The topological polar surface area (TPSA) is 426 Å². The SMILES string of the molecule is C=C(C)C(=O)[C@H](Cc1ccccc1)NC(=O)OC(C)(C)C.C=C(C)[C@@H](O)[C@H](Cc1ccccc1)NC(=O)OC(C)(C)C.C=C(C)[C@H](O)[C@H](Cc1ccccc1)NC(=O)OC(C)(C)C.CC(C)(C)OC(=O)N[C@@H](Cc1ccccc1)[C@@H](O)[C@@]1(C)CO1.CC(C)(C)OC(=O)N[C@@H](Cc1ccccc1)[C@H](O)[C@]1(C)CO1.C[C@@]1(C(=O)[C@@H](N)Cc2ccccc2)CO1.C[C@]1(C(=O)[C@@H](N)Cc2ccccc2)CO1. The Hall–Kier alpha value is -11.3. The van der Waals surface area contributed by atoms with Gasteiger partial charge in [0.15, 0.2) is 17.3 Å². The summed E-state index contributed by atoms with van der Waals surface area (Å²) in [5.41, 5.74) is 15.3. The van der Waals surface area contributed by atoms with Gasteiger partial charge in [0.25, 0.3) is 0 Å². The number of hydrogen-bond donors (Lipinski definition) is 11. The molecule has 4 fully saturated rings. The molecule has 0 bridgehead atoms. The van der Waals surface area contributed by atoms with Crippen LogP contribution in [0.3, 0.4) is 0 Å². The first kappa shape index (κ1) is 116. The molecule has 11 rings (SSSR count). The summed E-state index contributed by atoms with van der Waals surface area (Å²) in [6.07, 6.45) is -2.35. The number of amides is 5. The molecule has 13 N–H and O–H groups in total. The molecule has 4 heterocycles. The van der Waals surface area contributed by atoms with E-state index in [-0.39, 0.29) is 17.3 Å². The zero-order valence-electron chi connectivity index (χ0n) is 84.3. The van der Waals surface area contributed by atoms with E-state index in [0.29, 0.717) is 88.1 Å². The van der Waals surface area contributed by atoms with E-state index in [1.54, 1.807) is 138 Å². The first-order valence-electron chi connectivity index (χ1n) is 46.3. The average molecular weight is 1900 g/mol. The Morgan fingerprint density at radius 2 is 0.511 bits per heavy atom. The lowest BCUT2D eigenvalue weighted by Crippen LogP contribution is -2.51. The van der Waals surface area contributed by atoms with Gasteiger partial charge in [0, 0.05) is 6.42 Å². The Balaban J connectivity index is 0.000000283. The molecule has 28 heteroatoms. The molecule has 28 nitrogen and oxygen atoms in total. The highest BCUT2D eigenvalue weighted by atomic mass is 16.6. The number of aliphatic hydroxyl groups excluding tert-OH is 4. The van der Waals surface area contributed by atoms with Gasteiger partial charge in [-0.1, -0.05) is 243 Å². The minimum absolute atomic E-state index is 0.00588. The van der Waals surface area contributed by atoms with Crippen LogP contribution in [0.25, 0.3) is 0 Å². The number of nitrogens with one attached hydrogen (secondary N) is 5. The second-order valence-electron chi connectivity index (χ2n) is 40.8. The monoisotopic (exact) mass is 1900 g/mol. The van der Waals surface area contributed by atoms with E-state index in [1.807, 2.05) is 226 Å². The van der Waals surface area contributed by atoms with Crippen molar-refractivity contribution in [1.29, 1.82) is 0 Å². The summed E-state index contributed by atoms with van der Waals surface area (Å²) in [7, 11) is 0. The van der Waals surface area contributed by atoms with Gasteiger partial charge in [-0.3, -0.25) is 14.4 Å². The molecule has 7 aromatic carbocycles. The van der Waals surface area contributed by atoms with E-state index in [1.165, 1.54) is 0 Å². The van der Waals surface area contributed by atoms with Crippen molar-refractivity contribution in [3.8, 4) is 0 Å². The van der Waals surface area contributed by atoms with Crippen molar-refractivity contribution in [2.24, 2.45) is 11.5 Å². The molecule has 0 aromatic heterocycles. The second-order valence-corrected chi connectivity index (χ2v) is 40.8. The number of rotatable bonds is 33. The largest absolute Gasteiger partial charge is 0.444 e. The molecule has 0 aliphatic carbocycles. The molecular formula is C109H153N7O21. The van der Waals surface area contributed by atoms with Crippen LogP contribution in [0.5, 0.6) is 0 Å². The van der Waals surface area contributed by atoms with Gasteiger partial charge in [-0.2, -0.15) is 0 Å². The maximum absolute atomic E-state index is 12.2. The Bertz CT molecular complexity index is 4660. The van der Waals surface area contributed by atoms with Crippen LogP contribution < -0.4 is 38.1 Å². The first-order chi connectivity index (χ1) is 63.7. The third-order valence-corrected chi connectivity index (χ3v) is 21.2. The molecule has 4 saturated heterocycles. The fraction of sp³-hybridized carbons (Fsp3) is 0.486. The lowest BCUT2D eigenvalue weighted by molar-refractivity contribution is -0.125. The normalized spacial score (nSPS) is 19.5. The summed E-state index contributed by atoms with van der Waals surface area (Å²) < 4.78 is 47.1. The van der Waals surface area contributed by atoms with Gasteiger partial charge in [0.2, 0.25) is 0 Å². The third kappa shape index (κ3) is 46.2. The molecule has 4 aliphatic rings. The molecule has 0 spiro atoms. The number of carbonyl (C=O) groups is 8. The highest BCUT2D eigenvalue weighted by molar-refractivity contribution is 6.00. The Morgan fingerprint density at radius 3 is 0.701 bits per heavy atom. The quantitative estimate of drug-likeness (QED) is 0.00787. The number of ketones is 3. The third-order valence-electron chi connectivity index (χ3n) is 21.2. The summed E-state index contributed by atoms with van der Waals surface area (Å²) in [6, 6.07) is 64.4. The van der Waals surface area contributed by atoms with E-state index in [0.717, 1.165) is 38.9 Å². The van der Waals surface area contributed by atoms with Gasteiger partial charge in [-0.15, -0.1) is 0 Å². The molecule has 7 aromatic rings. The lowest BCUT2D eigenvalue weighted by Gasteiger charge is -2.28. The first-order valence-corrected chi connectivity index (χ1v) is 46.3. The van der Waals surface area contributed by atoms with Gasteiger partial charge in [0.1, 0.15) is 62.6 Å². The van der Waals surface area contributed by atoms with E-state index in [4.69, 9.17) is 54.1 Å². The van der Waals surface area contributed by atoms with Gasteiger partial charge in [-0.05, 0) is 235 Å². The number of Topliss-reactive ketones (excluding diaryl/α,β-unsaturated/α-hetero) is 3. The van der Waals surface area contributed by atoms with Crippen LogP contribution in [0.2, 0.25) is 0 Å². The summed E-state index contributed by atoms with van der Waals surface area (Å²) in [5, 5.41) is 55.1. The number of aliphatic hydroxyl groups is 4. The zero-order valence-corrected chi connectivity index (χ0v) is 84.3. The molecule has 0 radical (unpaired) electrons. The molecule has 0 saturated carbocycles. The van der Waals surface area contributed by atoms with Gasteiger partial charge >= 0.3 is 30.5 Å². The Labute approximate surface area is 811 Å². The van der Waals surface area contributed by atoms with Crippen LogP contribution >= 0.6 is 0 Å². The fourth-order valence-electron chi connectivity index (χ4n) is 13.4. The molecule has 5 amide bonds. The number of benzene rings is 7. The van der Waals surface area contributed by atoms with Crippen molar-refractivity contribution in [2.75, 3.05) is 26.4 Å². The lowest BCUT2D eigenvalue weighted by atomic mass is 9.93. The van der Waals surface area contributed by atoms with Crippen LogP contribution in [0.15, 0.2) is 249 Å². The number of nitrogens with two attached hydrogens (primary N) is 2. The smallest absolute Gasteiger partial charge is 0.408 e. The van der Waals surface area contributed by atoms with Crippen LogP contribution in [0, 0.1) is 0 Å². The summed E-state index contributed by atoms with van der Waals surface area (Å²) in [5.74, 6) is -0.178. The van der Waals surface area contributed by atoms with Crippen molar-refractivity contribution >= 4 is 47.8 Å². The zero-order chi connectivity index (χ0) is 103.